The average molecular weight is 214 g/mol. The van der Waals surface area contributed by atoms with E-state index in [1.54, 1.807) is 18.5 Å². The lowest BCUT2D eigenvalue weighted by Crippen LogP contribution is -2.12. The Kier molecular flexibility index (Phi) is 2.77. The molecule has 2 aromatic rings. The molecule has 0 saturated carbocycles. The van der Waals surface area contributed by atoms with Gasteiger partial charge in [0, 0.05) is 18.1 Å². The number of nitrogens with one attached hydrogen (secondary N) is 2. The largest absolute Gasteiger partial charge is 0.367 e. The van der Waals surface area contributed by atoms with Gasteiger partial charge in [-0.15, -0.1) is 0 Å². The maximum Gasteiger partial charge on any atom is 0.257 e. The number of rotatable bonds is 2. The first kappa shape index (κ1) is 10.5. The first-order valence-corrected chi connectivity index (χ1v) is 5.19. The quantitative estimate of drug-likeness (QED) is 0.793. The molecule has 3 nitrogen and oxygen atoms in total. The van der Waals surface area contributed by atoms with Gasteiger partial charge in [0.15, 0.2) is 0 Å². The summed E-state index contributed by atoms with van der Waals surface area (Å²) in [6, 6.07) is 7.63. The molecule has 0 aliphatic heterocycles. The molecule has 1 aromatic heterocycles. The third-order valence-electron chi connectivity index (χ3n) is 2.71. The molecule has 82 valence electrons. The van der Waals surface area contributed by atoms with Gasteiger partial charge in [-0.25, -0.2) is 0 Å². The van der Waals surface area contributed by atoms with Crippen LogP contribution >= 0.6 is 0 Å². The van der Waals surface area contributed by atoms with E-state index in [1.807, 2.05) is 32.0 Å². The monoisotopic (exact) mass is 214 g/mol. The van der Waals surface area contributed by atoms with E-state index in [-0.39, 0.29) is 5.91 Å². The van der Waals surface area contributed by atoms with Gasteiger partial charge in [0.05, 0.1) is 5.56 Å². The van der Waals surface area contributed by atoms with Crippen molar-refractivity contribution in [2.45, 2.75) is 13.8 Å². The maximum absolute atomic E-state index is 11.8. The Morgan fingerprint density at radius 1 is 1.25 bits per heavy atom. The number of aryl methyl sites for hydroxylation is 1. The fourth-order valence-electron chi connectivity index (χ4n) is 1.55. The van der Waals surface area contributed by atoms with Crippen LogP contribution in [0.2, 0.25) is 0 Å². The minimum absolute atomic E-state index is 0.0880. The second-order valence-corrected chi connectivity index (χ2v) is 3.80. The zero-order valence-electron chi connectivity index (χ0n) is 9.37. The average Bonchev–Trinajstić information content (AvgIpc) is 2.78. The SMILES string of the molecule is Cc1cccc(NC(=O)c2cc[nH]c2)c1C. The van der Waals surface area contributed by atoms with Crippen molar-refractivity contribution in [2.24, 2.45) is 0 Å². The summed E-state index contributed by atoms with van der Waals surface area (Å²) < 4.78 is 0. The minimum Gasteiger partial charge on any atom is -0.367 e. The van der Waals surface area contributed by atoms with Gasteiger partial charge in [0.2, 0.25) is 0 Å². The molecule has 0 bridgehead atoms. The molecule has 0 aliphatic carbocycles. The lowest BCUT2D eigenvalue weighted by atomic mass is 10.1. The molecule has 1 amide bonds. The molecular formula is C13H14N2O. The number of amides is 1. The van der Waals surface area contributed by atoms with Crippen molar-refractivity contribution in [2.75, 3.05) is 5.32 Å². The Labute approximate surface area is 94.5 Å². The molecular weight excluding hydrogens is 200 g/mol. The standard InChI is InChI=1S/C13H14N2O/c1-9-4-3-5-12(10(9)2)15-13(16)11-6-7-14-8-11/h3-8,14H,1-2H3,(H,15,16). The van der Waals surface area contributed by atoms with Crippen molar-refractivity contribution in [3.05, 3.63) is 53.3 Å². The highest BCUT2D eigenvalue weighted by molar-refractivity contribution is 6.04. The minimum atomic E-state index is -0.0880. The van der Waals surface area contributed by atoms with Crippen LogP contribution in [0.1, 0.15) is 21.5 Å². The van der Waals surface area contributed by atoms with Gasteiger partial charge in [-0.05, 0) is 37.1 Å². The topological polar surface area (TPSA) is 44.9 Å². The summed E-state index contributed by atoms with van der Waals surface area (Å²) in [6.45, 7) is 4.03. The summed E-state index contributed by atoms with van der Waals surface area (Å²) in [5.74, 6) is -0.0880. The maximum atomic E-state index is 11.8. The highest BCUT2D eigenvalue weighted by Gasteiger charge is 2.08. The van der Waals surface area contributed by atoms with Gasteiger partial charge < -0.3 is 10.3 Å². The van der Waals surface area contributed by atoms with Crippen molar-refractivity contribution in [3.63, 3.8) is 0 Å². The number of aromatic amines is 1. The fourth-order valence-corrected chi connectivity index (χ4v) is 1.55. The van der Waals surface area contributed by atoms with E-state index in [2.05, 4.69) is 10.3 Å². The molecule has 2 N–H and O–H groups in total. The summed E-state index contributed by atoms with van der Waals surface area (Å²) in [5.41, 5.74) is 3.78. The highest BCUT2D eigenvalue weighted by atomic mass is 16.1. The van der Waals surface area contributed by atoms with Gasteiger partial charge in [-0.1, -0.05) is 12.1 Å². The predicted molar refractivity (Wildman–Crippen MR) is 64.7 cm³/mol. The zero-order chi connectivity index (χ0) is 11.5. The van der Waals surface area contributed by atoms with Crippen LogP contribution in [0.25, 0.3) is 0 Å². The second kappa shape index (κ2) is 4.23. The number of carbonyl (C=O) groups is 1. The van der Waals surface area contributed by atoms with Crippen molar-refractivity contribution < 1.29 is 4.79 Å². The molecule has 0 radical (unpaired) electrons. The Bertz CT molecular complexity index is 501. The first-order chi connectivity index (χ1) is 7.68. The van der Waals surface area contributed by atoms with Crippen LogP contribution in [-0.4, -0.2) is 10.9 Å². The van der Waals surface area contributed by atoms with Crippen LogP contribution in [0, 0.1) is 13.8 Å². The molecule has 2 rings (SSSR count). The molecule has 3 heteroatoms. The summed E-state index contributed by atoms with van der Waals surface area (Å²) in [7, 11) is 0. The number of aromatic nitrogens is 1. The van der Waals surface area contributed by atoms with Crippen LogP contribution in [0.5, 0.6) is 0 Å². The molecule has 1 aromatic carbocycles. The van der Waals surface area contributed by atoms with Crippen molar-refractivity contribution in [1.82, 2.24) is 4.98 Å². The zero-order valence-corrected chi connectivity index (χ0v) is 9.37. The number of hydrogen-bond acceptors (Lipinski definition) is 1. The van der Waals surface area contributed by atoms with E-state index in [0.717, 1.165) is 11.3 Å². The molecule has 16 heavy (non-hydrogen) atoms. The van der Waals surface area contributed by atoms with Crippen molar-refractivity contribution >= 4 is 11.6 Å². The van der Waals surface area contributed by atoms with Crippen LogP contribution < -0.4 is 5.32 Å². The Balaban J connectivity index is 2.22. The van der Waals surface area contributed by atoms with Crippen molar-refractivity contribution in [3.8, 4) is 0 Å². The second-order valence-electron chi connectivity index (χ2n) is 3.80. The van der Waals surface area contributed by atoms with Gasteiger partial charge in [-0.3, -0.25) is 4.79 Å². The van der Waals surface area contributed by atoms with E-state index in [1.165, 1.54) is 5.56 Å². The first-order valence-electron chi connectivity index (χ1n) is 5.19. The third kappa shape index (κ3) is 1.98. The molecule has 1 heterocycles. The lowest BCUT2D eigenvalue weighted by Gasteiger charge is -2.09. The van der Waals surface area contributed by atoms with Gasteiger partial charge in [0.1, 0.15) is 0 Å². The number of H-pyrrole nitrogens is 1. The fraction of sp³-hybridized carbons (Fsp3) is 0.154. The summed E-state index contributed by atoms with van der Waals surface area (Å²) in [4.78, 5) is 14.7. The third-order valence-corrected chi connectivity index (χ3v) is 2.71. The van der Waals surface area contributed by atoms with Crippen LogP contribution in [0.4, 0.5) is 5.69 Å². The van der Waals surface area contributed by atoms with Crippen LogP contribution in [0.15, 0.2) is 36.7 Å². The normalized spacial score (nSPS) is 10.1. The molecule has 0 unspecified atom stereocenters. The molecule has 0 atom stereocenters. The van der Waals surface area contributed by atoms with Crippen molar-refractivity contribution in [1.29, 1.82) is 0 Å². The Morgan fingerprint density at radius 2 is 2.06 bits per heavy atom. The molecule has 0 spiro atoms. The Hall–Kier alpha value is -2.03. The van der Waals surface area contributed by atoms with E-state index in [0.29, 0.717) is 5.56 Å². The van der Waals surface area contributed by atoms with Crippen LogP contribution in [-0.2, 0) is 0 Å². The van der Waals surface area contributed by atoms with E-state index < -0.39 is 0 Å². The lowest BCUT2D eigenvalue weighted by molar-refractivity contribution is 0.102. The Morgan fingerprint density at radius 3 is 2.75 bits per heavy atom. The van der Waals surface area contributed by atoms with E-state index >= 15 is 0 Å². The van der Waals surface area contributed by atoms with Gasteiger partial charge in [-0.2, -0.15) is 0 Å². The summed E-state index contributed by atoms with van der Waals surface area (Å²) in [6.07, 6.45) is 3.42. The summed E-state index contributed by atoms with van der Waals surface area (Å²) in [5, 5.41) is 2.89. The molecule has 0 aliphatic rings. The van der Waals surface area contributed by atoms with Gasteiger partial charge >= 0.3 is 0 Å². The smallest absolute Gasteiger partial charge is 0.257 e. The van der Waals surface area contributed by atoms with Gasteiger partial charge in [0.25, 0.3) is 5.91 Å². The van der Waals surface area contributed by atoms with E-state index in [4.69, 9.17) is 0 Å². The molecule has 0 fully saturated rings. The summed E-state index contributed by atoms with van der Waals surface area (Å²) >= 11 is 0. The molecule has 0 saturated heterocycles. The highest BCUT2D eigenvalue weighted by Crippen LogP contribution is 2.18. The number of hydrogen-bond donors (Lipinski definition) is 2. The van der Waals surface area contributed by atoms with Crippen LogP contribution in [0.3, 0.4) is 0 Å². The number of anilines is 1. The predicted octanol–water partition coefficient (Wildman–Crippen LogP) is 2.88. The van der Waals surface area contributed by atoms with E-state index in [9.17, 15) is 4.79 Å². The number of carbonyl (C=O) groups excluding carboxylic acids is 1. The number of benzene rings is 1.